The van der Waals surface area contributed by atoms with Crippen LogP contribution in [0.3, 0.4) is 0 Å². The zero-order chi connectivity index (χ0) is 21.9. The van der Waals surface area contributed by atoms with E-state index in [-0.39, 0.29) is 6.61 Å². The second-order valence-electron chi connectivity index (χ2n) is 7.98. The van der Waals surface area contributed by atoms with E-state index in [9.17, 15) is 9.00 Å². The van der Waals surface area contributed by atoms with Crippen molar-refractivity contribution < 1.29 is 18.5 Å². The summed E-state index contributed by atoms with van der Waals surface area (Å²) >= 11 is 0. The van der Waals surface area contributed by atoms with Crippen molar-refractivity contribution in [3.63, 3.8) is 0 Å². The SMILES string of the molecule is CCOC(=O)c1cc(/C(C)=N/[S@](=O)C(C)(C)C)c2nc(N3CCOCC3)cnc2c1. The third-order valence-corrected chi connectivity index (χ3v) is 6.10. The molecule has 0 bridgehead atoms. The molecule has 1 aliphatic heterocycles. The van der Waals surface area contributed by atoms with Gasteiger partial charge in [-0.25, -0.2) is 14.0 Å². The van der Waals surface area contributed by atoms with Crippen LogP contribution in [-0.4, -0.2) is 63.5 Å². The summed E-state index contributed by atoms with van der Waals surface area (Å²) in [6.07, 6.45) is 1.70. The van der Waals surface area contributed by atoms with Crippen LogP contribution in [0.15, 0.2) is 22.7 Å². The van der Waals surface area contributed by atoms with Gasteiger partial charge in [-0.15, -0.1) is 0 Å². The normalized spacial score (nSPS) is 16.6. The molecule has 0 aliphatic carbocycles. The van der Waals surface area contributed by atoms with Gasteiger partial charge in [0.2, 0.25) is 0 Å². The largest absolute Gasteiger partial charge is 0.462 e. The summed E-state index contributed by atoms with van der Waals surface area (Å²) in [5.41, 5.74) is 2.69. The molecule has 0 N–H and O–H groups in total. The molecule has 1 aliphatic rings. The molecule has 0 radical (unpaired) electrons. The number of hydrogen-bond donors (Lipinski definition) is 0. The minimum absolute atomic E-state index is 0.273. The van der Waals surface area contributed by atoms with E-state index in [0.29, 0.717) is 41.1 Å². The van der Waals surface area contributed by atoms with Gasteiger partial charge in [0.05, 0.1) is 47.6 Å². The highest BCUT2D eigenvalue weighted by Gasteiger charge is 2.22. The van der Waals surface area contributed by atoms with Crippen LogP contribution in [0.1, 0.15) is 50.5 Å². The van der Waals surface area contributed by atoms with Gasteiger partial charge < -0.3 is 14.4 Å². The van der Waals surface area contributed by atoms with E-state index >= 15 is 0 Å². The second kappa shape index (κ2) is 9.18. The molecule has 162 valence electrons. The number of nitrogens with zero attached hydrogens (tertiary/aromatic N) is 4. The first-order valence-electron chi connectivity index (χ1n) is 9.99. The predicted molar refractivity (Wildman–Crippen MR) is 119 cm³/mol. The van der Waals surface area contributed by atoms with Crippen molar-refractivity contribution in [1.82, 2.24) is 9.97 Å². The topological polar surface area (TPSA) is 94.0 Å². The zero-order valence-corrected chi connectivity index (χ0v) is 18.9. The number of fused-ring (bicyclic) bond motifs is 1. The Labute approximate surface area is 179 Å². The standard InChI is InChI=1S/C21H28N4O4S/c1-6-29-20(26)15-11-16(14(2)24-30(27)21(3,4)5)19-17(12-15)22-13-18(23-19)25-7-9-28-10-8-25/h11-13H,6-10H2,1-5H3/b24-14+/t30-/m1/s1. The fourth-order valence-electron chi connectivity index (χ4n) is 2.97. The van der Waals surface area contributed by atoms with Crippen molar-refractivity contribution in [3.05, 3.63) is 29.5 Å². The molecule has 1 fully saturated rings. The van der Waals surface area contributed by atoms with Crippen LogP contribution in [0, 0.1) is 0 Å². The van der Waals surface area contributed by atoms with Gasteiger partial charge in [0.15, 0.2) is 0 Å². The van der Waals surface area contributed by atoms with Crippen LogP contribution in [0.4, 0.5) is 5.82 Å². The molecule has 30 heavy (non-hydrogen) atoms. The van der Waals surface area contributed by atoms with Gasteiger partial charge in [-0.2, -0.15) is 4.40 Å². The smallest absolute Gasteiger partial charge is 0.338 e. The summed E-state index contributed by atoms with van der Waals surface area (Å²) in [6.45, 7) is 12.1. The van der Waals surface area contributed by atoms with Gasteiger partial charge in [-0.05, 0) is 46.8 Å². The number of rotatable bonds is 5. The highest BCUT2D eigenvalue weighted by atomic mass is 32.2. The maximum atomic E-state index is 12.6. The molecule has 2 heterocycles. The first-order chi connectivity index (χ1) is 14.2. The molecule has 0 spiro atoms. The predicted octanol–water partition coefficient (Wildman–Crippen LogP) is 2.91. The summed E-state index contributed by atoms with van der Waals surface area (Å²) in [5, 5.41) is 0. The van der Waals surface area contributed by atoms with Gasteiger partial charge in [0.25, 0.3) is 0 Å². The average Bonchev–Trinajstić information content (AvgIpc) is 2.72. The van der Waals surface area contributed by atoms with Crippen LogP contribution < -0.4 is 4.90 Å². The number of aromatic nitrogens is 2. The van der Waals surface area contributed by atoms with Gasteiger partial charge in [0, 0.05) is 18.7 Å². The minimum atomic E-state index is -1.44. The summed E-state index contributed by atoms with van der Waals surface area (Å²) in [7, 11) is -1.44. The van der Waals surface area contributed by atoms with E-state index in [1.54, 1.807) is 32.2 Å². The number of ether oxygens (including phenoxy) is 2. The van der Waals surface area contributed by atoms with Crippen molar-refractivity contribution in [2.24, 2.45) is 4.40 Å². The molecule has 8 nitrogen and oxygen atoms in total. The molecule has 1 aromatic heterocycles. The Bertz CT molecular complexity index is 994. The van der Waals surface area contributed by atoms with Gasteiger partial charge in [-0.1, -0.05) is 0 Å². The molecule has 0 saturated carbocycles. The van der Waals surface area contributed by atoms with Crippen LogP contribution in [0.5, 0.6) is 0 Å². The van der Waals surface area contributed by atoms with Crippen molar-refractivity contribution >= 4 is 39.5 Å². The van der Waals surface area contributed by atoms with Crippen molar-refractivity contribution in [1.29, 1.82) is 0 Å². The molecule has 1 saturated heterocycles. The third-order valence-electron chi connectivity index (χ3n) is 4.61. The Morgan fingerprint density at radius 3 is 2.63 bits per heavy atom. The average molecular weight is 433 g/mol. The quantitative estimate of drug-likeness (QED) is 0.530. The summed E-state index contributed by atoms with van der Waals surface area (Å²) < 4.78 is 27.1. The van der Waals surface area contributed by atoms with Crippen LogP contribution >= 0.6 is 0 Å². The monoisotopic (exact) mass is 432 g/mol. The van der Waals surface area contributed by atoms with Crippen molar-refractivity contribution in [3.8, 4) is 0 Å². The highest BCUT2D eigenvalue weighted by molar-refractivity contribution is 7.85. The molecule has 0 unspecified atom stereocenters. The molecule has 2 aromatic rings. The number of benzene rings is 1. The second-order valence-corrected chi connectivity index (χ2v) is 9.88. The van der Waals surface area contributed by atoms with E-state index in [0.717, 1.165) is 18.9 Å². The highest BCUT2D eigenvalue weighted by Crippen LogP contribution is 2.24. The Kier molecular flexibility index (Phi) is 6.82. The maximum Gasteiger partial charge on any atom is 0.338 e. The van der Waals surface area contributed by atoms with E-state index in [1.807, 2.05) is 20.8 Å². The van der Waals surface area contributed by atoms with Crippen LogP contribution in [0.2, 0.25) is 0 Å². The molecular weight excluding hydrogens is 404 g/mol. The van der Waals surface area contributed by atoms with Crippen LogP contribution in [-0.2, 0) is 20.5 Å². The summed E-state index contributed by atoms with van der Waals surface area (Å²) in [6, 6.07) is 3.36. The Balaban J connectivity index is 2.14. The Morgan fingerprint density at radius 1 is 1.30 bits per heavy atom. The van der Waals surface area contributed by atoms with Crippen LogP contribution in [0.25, 0.3) is 11.0 Å². The molecule has 0 amide bonds. The number of carbonyl (C=O) groups is 1. The molecule has 1 atom stereocenters. The lowest BCUT2D eigenvalue weighted by Gasteiger charge is -2.27. The lowest BCUT2D eigenvalue weighted by atomic mass is 10.0. The van der Waals surface area contributed by atoms with E-state index < -0.39 is 21.7 Å². The Hall–Kier alpha value is -2.39. The lowest BCUT2D eigenvalue weighted by Crippen LogP contribution is -2.36. The number of anilines is 1. The van der Waals surface area contributed by atoms with E-state index in [1.165, 1.54) is 0 Å². The molecule has 1 aromatic carbocycles. The fraction of sp³-hybridized carbons (Fsp3) is 0.524. The van der Waals surface area contributed by atoms with Gasteiger partial charge in [-0.3, -0.25) is 4.98 Å². The number of hydrogen-bond acceptors (Lipinski definition) is 7. The van der Waals surface area contributed by atoms with Gasteiger partial charge >= 0.3 is 5.97 Å². The zero-order valence-electron chi connectivity index (χ0n) is 18.1. The van der Waals surface area contributed by atoms with E-state index in [4.69, 9.17) is 14.5 Å². The molecule has 3 rings (SSSR count). The summed E-state index contributed by atoms with van der Waals surface area (Å²) in [5.74, 6) is 0.296. The number of carbonyl (C=O) groups excluding carboxylic acids is 1. The lowest BCUT2D eigenvalue weighted by molar-refractivity contribution is 0.0526. The van der Waals surface area contributed by atoms with Crippen molar-refractivity contribution in [2.45, 2.75) is 39.4 Å². The number of morpholine rings is 1. The van der Waals surface area contributed by atoms with Gasteiger partial charge in [0.1, 0.15) is 22.3 Å². The third kappa shape index (κ3) is 5.02. The van der Waals surface area contributed by atoms with Crippen molar-refractivity contribution in [2.75, 3.05) is 37.8 Å². The minimum Gasteiger partial charge on any atom is -0.462 e. The number of esters is 1. The first-order valence-corrected chi connectivity index (χ1v) is 11.1. The van der Waals surface area contributed by atoms with E-state index in [2.05, 4.69) is 14.3 Å². The Morgan fingerprint density at radius 2 is 2.00 bits per heavy atom. The molecular formula is C21H28N4O4S. The first kappa shape index (κ1) is 22.3. The summed E-state index contributed by atoms with van der Waals surface area (Å²) in [4.78, 5) is 23.8. The maximum absolute atomic E-state index is 12.6. The fourth-order valence-corrected chi connectivity index (χ4v) is 3.59. The molecule has 9 heteroatoms.